The first-order valence-corrected chi connectivity index (χ1v) is 8.76. The van der Waals surface area contributed by atoms with Crippen molar-refractivity contribution < 1.29 is 12.8 Å². The van der Waals surface area contributed by atoms with E-state index in [-0.39, 0.29) is 12.2 Å². The second-order valence-corrected chi connectivity index (χ2v) is 7.67. The number of hydrogen-bond acceptors (Lipinski definition) is 4. The van der Waals surface area contributed by atoms with Crippen molar-refractivity contribution in [2.75, 3.05) is 5.73 Å². The molecule has 0 aliphatic carbocycles. The normalized spacial score (nSPS) is 11.8. The van der Waals surface area contributed by atoms with Gasteiger partial charge in [0, 0.05) is 22.0 Å². The molecule has 3 N–H and O–H groups in total. The molecule has 0 radical (unpaired) electrons. The standard InChI is InChI=1S/C14H17FN2O2S2/c1-3-10-4-5-11(20-10)8-17-21(18,19)14-7-13(16)9(2)6-12(14)15/h4-7,17H,3,8,16H2,1-2H3. The number of anilines is 1. The SMILES string of the molecule is CCc1ccc(CNS(=O)(=O)c2cc(N)c(C)cc2F)s1. The molecule has 4 nitrogen and oxygen atoms in total. The first-order valence-electron chi connectivity index (χ1n) is 6.46. The Bertz CT molecular complexity index is 754. The van der Waals surface area contributed by atoms with Crippen LogP contribution in [-0.4, -0.2) is 8.42 Å². The minimum atomic E-state index is -3.92. The Hall–Kier alpha value is -1.44. The Morgan fingerprint density at radius 3 is 2.57 bits per heavy atom. The number of nitrogens with one attached hydrogen (secondary N) is 1. The third-order valence-corrected chi connectivity index (χ3v) is 5.76. The van der Waals surface area contributed by atoms with Crippen molar-refractivity contribution in [3.05, 3.63) is 45.4 Å². The zero-order valence-electron chi connectivity index (χ0n) is 11.8. The quantitative estimate of drug-likeness (QED) is 0.829. The molecule has 0 aliphatic heterocycles. The van der Waals surface area contributed by atoms with Gasteiger partial charge in [0.1, 0.15) is 10.7 Å². The summed E-state index contributed by atoms with van der Waals surface area (Å²) in [6, 6.07) is 6.10. The van der Waals surface area contributed by atoms with Crippen LogP contribution in [0.5, 0.6) is 0 Å². The highest BCUT2D eigenvalue weighted by molar-refractivity contribution is 7.89. The van der Waals surface area contributed by atoms with E-state index < -0.39 is 20.7 Å². The van der Waals surface area contributed by atoms with E-state index in [1.165, 1.54) is 16.2 Å². The molecule has 0 spiro atoms. The summed E-state index contributed by atoms with van der Waals surface area (Å²) in [5.74, 6) is -0.797. The van der Waals surface area contributed by atoms with Crippen LogP contribution in [0.15, 0.2) is 29.2 Å². The lowest BCUT2D eigenvalue weighted by atomic mass is 10.2. The minimum Gasteiger partial charge on any atom is -0.398 e. The van der Waals surface area contributed by atoms with Crippen LogP contribution in [0.3, 0.4) is 0 Å². The number of nitrogen functional groups attached to an aromatic ring is 1. The molecule has 0 saturated carbocycles. The van der Waals surface area contributed by atoms with Gasteiger partial charge in [0.15, 0.2) is 0 Å². The Labute approximate surface area is 127 Å². The fourth-order valence-corrected chi connectivity index (χ4v) is 3.91. The highest BCUT2D eigenvalue weighted by atomic mass is 32.2. The zero-order valence-corrected chi connectivity index (χ0v) is 13.4. The van der Waals surface area contributed by atoms with E-state index in [1.807, 2.05) is 19.1 Å². The zero-order chi connectivity index (χ0) is 15.6. The Morgan fingerprint density at radius 2 is 1.95 bits per heavy atom. The van der Waals surface area contributed by atoms with Crippen LogP contribution in [0.1, 0.15) is 22.2 Å². The number of hydrogen-bond donors (Lipinski definition) is 2. The third kappa shape index (κ3) is 3.61. The van der Waals surface area contributed by atoms with E-state index >= 15 is 0 Å². The van der Waals surface area contributed by atoms with Gasteiger partial charge in [0.2, 0.25) is 10.0 Å². The smallest absolute Gasteiger partial charge is 0.243 e. The number of benzene rings is 1. The summed E-state index contributed by atoms with van der Waals surface area (Å²) >= 11 is 1.53. The molecular formula is C14H17FN2O2S2. The van der Waals surface area contributed by atoms with Gasteiger partial charge in [-0.05, 0) is 43.2 Å². The van der Waals surface area contributed by atoms with Crippen molar-refractivity contribution in [3.63, 3.8) is 0 Å². The predicted molar refractivity (Wildman–Crippen MR) is 83.3 cm³/mol. The van der Waals surface area contributed by atoms with Crippen LogP contribution in [0, 0.1) is 12.7 Å². The van der Waals surface area contributed by atoms with E-state index in [0.717, 1.165) is 23.4 Å². The summed E-state index contributed by atoms with van der Waals surface area (Å²) in [6.07, 6.45) is 0.903. The van der Waals surface area contributed by atoms with Crippen LogP contribution in [0.25, 0.3) is 0 Å². The molecule has 1 aromatic carbocycles. The third-order valence-electron chi connectivity index (χ3n) is 3.11. The van der Waals surface area contributed by atoms with Crippen LogP contribution in [0.2, 0.25) is 0 Å². The molecule has 0 unspecified atom stereocenters. The molecule has 7 heteroatoms. The molecule has 114 valence electrons. The second-order valence-electron chi connectivity index (χ2n) is 4.69. The highest BCUT2D eigenvalue weighted by Crippen LogP contribution is 2.22. The van der Waals surface area contributed by atoms with Crippen LogP contribution < -0.4 is 10.5 Å². The van der Waals surface area contributed by atoms with E-state index in [4.69, 9.17) is 5.73 Å². The van der Waals surface area contributed by atoms with Gasteiger partial charge < -0.3 is 5.73 Å². The molecule has 21 heavy (non-hydrogen) atoms. The van der Waals surface area contributed by atoms with Crippen molar-refractivity contribution in [1.29, 1.82) is 0 Å². The van der Waals surface area contributed by atoms with E-state index in [1.54, 1.807) is 6.92 Å². The fourth-order valence-electron chi connectivity index (χ4n) is 1.83. The van der Waals surface area contributed by atoms with Gasteiger partial charge in [-0.3, -0.25) is 0 Å². The Morgan fingerprint density at radius 1 is 1.29 bits per heavy atom. The lowest BCUT2D eigenvalue weighted by molar-refractivity contribution is 0.557. The van der Waals surface area contributed by atoms with Crippen molar-refractivity contribution >= 4 is 27.0 Å². The molecule has 2 aromatic rings. The molecule has 1 heterocycles. The summed E-state index contributed by atoms with van der Waals surface area (Å²) in [5, 5.41) is 0. The average molecular weight is 328 g/mol. The van der Waals surface area contributed by atoms with Crippen molar-refractivity contribution in [1.82, 2.24) is 4.72 Å². The van der Waals surface area contributed by atoms with Gasteiger partial charge in [-0.25, -0.2) is 17.5 Å². The summed E-state index contributed by atoms with van der Waals surface area (Å²) in [6.45, 7) is 3.80. The second kappa shape index (κ2) is 6.13. The molecule has 0 aliphatic rings. The van der Waals surface area contributed by atoms with Gasteiger partial charge in [0.05, 0.1) is 0 Å². The molecule has 1 aromatic heterocycles. The van der Waals surface area contributed by atoms with Crippen LogP contribution >= 0.6 is 11.3 Å². The first kappa shape index (κ1) is 15.9. The molecule has 0 bridgehead atoms. The lowest BCUT2D eigenvalue weighted by Gasteiger charge is -2.09. The molecular weight excluding hydrogens is 311 g/mol. The number of rotatable bonds is 5. The van der Waals surface area contributed by atoms with E-state index in [9.17, 15) is 12.8 Å². The summed E-state index contributed by atoms with van der Waals surface area (Å²) in [7, 11) is -3.92. The van der Waals surface area contributed by atoms with Crippen molar-refractivity contribution in [2.45, 2.75) is 31.7 Å². The first-order chi connectivity index (χ1) is 9.83. The Kier molecular flexibility index (Phi) is 4.65. The van der Waals surface area contributed by atoms with Crippen molar-refractivity contribution in [2.24, 2.45) is 0 Å². The molecule has 0 saturated heterocycles. The number of halogens is 1. The lowest BCUT2D eigenvalue weighted by Crippen LogP contribution is -2.24. The number of thiophene rings is 1. The maximum Gasteiger partial charge on any atom is 0.243 e. The number of aryl methyl sites for hydroxylation is 2. The number of sulfonamides is 1. The summed E-state index contributed by atoms with van der Waals surface area (Å²) < 4.78 is 40.6. The molecule has 0 fully saturated rings. The fraction of sp³-hybridized carbons (Fsp3) is 0.286. The monoisotopic (exact) mass is 328 g/mol. The van der Waals surface area contributed by atoms with Gasteiger partial charge in [-0.2, -0.15) is 0 Å². The molecule has 0 atom stereocenters. The van der Waals surface area contributed by atoms with Crippen molar-refractivity contribution in [3.8, 4) is 0 Å². The highest BCUT2D eigenvalue weighted by Gasteiger charge is 2.20. The molecule has 0 amide bonds. The van der Waals surface area contributed by atoms with Crippen LogP contribution in [0.4, 0.5) is 10.1 Å². The largest absolute Gasteiger partial charge is 0.398 e. The topological polar surface area (TPSA) is 72.2 Å². The predicted octanol–water partition coefficient (Wildman–Crippen LogP) is 2.82. The van der Waals surface area contributed by atoms with E-state index in [2.05, 4.69) is 4.72 Å². The maximum atomic E-state index is 13.8. The summed E-state index contributed by atoms with van der Waals surface area (Å²) in [4.78, 5) is 1.64. The van der Waals surface area contributed by atoms with Gasteiger partial charge in [0.25, 0.3) is 0 Å². The average Bonchev–Trinajstić information content (AvgIpc) is 2.88. The maximum absolute atomic E-state index is 13.8. The Balaban J connectivity index is 2.20. The van der Waals surface area contributed by atoms with Gasteiger partial charge in [-0.15, -0.1) is 11.3 Å². The summed E-state index contributed by atoms with van der Waals surface area (Å²) in [5.41, 5.74) is 6.42. The molecule has 2 rings (SSSR count). The van der Waals surface area contributed by atoms with E-state index in [0.29, 0.717) is 5.56 Å². The minimum absolute atomic E-state index is 0.139. The van der Waals surface area contributed by atoms with Gasteiger partial charge >= 0.3 is 0 Å². The van der Waals surface area contributed by atoms with Gasteiger partial charge in [-0.1, -0.05) is 6.92 Å². The number of nitrogens with two attached hydrogens (primary N) is 1. The van der Waals surface area contributed by atoms with Crippen LogP contribution in [-0.2, 0) is 23.0 Å².